The summed E-state index contributed by atoms with van der Waals surface area (Å²) in [4.78, 5) is 0. The van der Waals surface area contributed by atoms with Gasteiger partial charge in [-0.2, -0.15) is 12.6 Å². The van der Waals surface area contributed by atoms with Crippen LogP contribution in [0.4, 0.5) is 0 Å². The lowest BCUT2D eigenvalue weighted by Gasteiger charge is -2.15. The highest BCUT2D eigenvalue weighted by atomic mass is 79.9. The fourth-order valence-corrected chi connectivity index (χ4v) is 2.23. The fraction of sp³-hybridized carbons (Fsp3) is 0.500. The minimum absolute atomic E-state index is 0.489. The maximum atomic E-state index is 6.03. The molecule has 1 aromatic rings. The molecule has 1 nitrogen and oxygen atoms in total. The van der Waals surface area contributed by atoms with Gasteiger partial charge in [-0.3, -0.25) is 0 Å². The smallest absolute Gasteiger partial charge is 0.139 e. The van der Waals surface area contributed by atoms with Gasteiger partial charge in [0.2, 0.25) is 0 Å². The van der Waals surface area contributed by atoms with Gasteiger partial charge in [0.25, 0.3) is 0 Å². The fourth-order valence-electron chi connectivity index (χ4n) is 1.43. The molecular formula is C12H16BrClOS. The van der Waals surface area contributed by atoms with Gasteiger partial charge in [-0.15, -0.1) is 0 Å². The van der Waals surface area contributed by atoms with E-state index in [9.17, 15) is 0 Å². The molecule has 1 atom stereocenters. The minimum Gasteiger partial charge on any atom is -0.492 e. The van der Waals surface area contributed by atoms with Gasteiger partial charge >= 0.3 is 0 Å². The van der Waals surface area contributed by atoms with Crippen molar-refractivity contribution in [2.45, 2.75) is 19.8 Å². The zero-order valence-corrected chi connectivity index (χ0v) is 12.5. The third-order valence-corrected chi connectivity index (χ3v) is 3.64. The SMILES string of the molecule is CCCC(CS)COc1cc(Br)ccc1Cl. The summed E-state index contributed by atoms with van der Waals surface area (Å²) >= 11 is 13.8. The highest BCUT2D eigenvalue weighted by molar-refractivity contribution is 9.10. The maximum absolute atomic E-state index is 6.03. The van der Waals surface area contributed by atoms with Crippen LogP contribution < -0.4 is 4.74 Å². The van der Waals surface area contributed by atoms with Gasteiger partial charge in [0.05, 0.1) is 11.6 Å². The number of halogens is 2. The molecule has 0 aliphatic heterocycles. The Bertz CT molecular complexity index is 333. The molecule has 0 heterocycles. The Morgan fingerprint density at radius 2 is 2.25 bits per heavy atom. The van der Waals surface area contributed by atoms with Crippen LogP contribution in [0.1, 0.15) is 19.8 Å². The van der Waals surface area contributed by atoms with Gasteiger partial charge in [0.1, 0.15) is 5.75 Å². The number of rotatable bonds is 6. The molecule has 0 amide bonds. The zero-order chi connectivity index (χ0) is 12.0. The first-order valence-electron chi connectivity index (χ1n) is 5.36. The average molecular weight is 324 g/mol. The van der Waals surface area contributed by atoms with Crippen molar-refractivity contribution in [1.29, 1.82) is 0 Å². The Kier molecular flexibility index (Phi) is 6.62. The first-order valence-corrected chi connectivity index (χ1v) is 7.16. The first-order chi connectivity index (χ1) is 7.67. The largest absolute Gasteiger partial charge is 0.492 e. The molecule has 0 N–H and O–H groups in total. The van der Waals surface area contributed by atoms with Gasteiger partial charge in [-0.25, -0.2) is 0 Å². The second kappa shape index (κ2) is 7.46. The Labute approximate surface area is 116 Å². The highest BCUT2D eigenvalue weighted by Gasteiger charge is 2.08. The number of hydrogen-bond acceptors (Lipinski definition) is 2. The molecule has 0 fully saturated rings. The van der Waals surface area contributed by atoms with Crippen LogP contribution in [0.3, 0.4) is 0 Å². The first kappa shape index (κ1) is 14.2. The van der Waals surface area contributed by atoms with Crippen molar-refractivity contribution in [3.8, 4) is 5.75 Å². The molecule has 0 radical (unpaired) electrons. The summed E-state index contributed by atoms with van der Waals surface area (Å²) in [7, 11) is 0. The molecule has 1 rings (SSSR count). The van der Waals surface area contributed by atoms with Crippen LogP contribution in [0.2, 0.25) is 5.02 Å². The van der Waals surface area contributed by atoms with E-state index in [4.69, 9.17) is 16.3 Å². The lowest BCUT2D eigenvalue weighted by atomic mass is 10.1. The number of benzene rings is 1. The van der Waals surface area contributed by atoms with Gasteiger partial charge in [-0.1, -0.05) is 40.9 Å². The van der Waals surface area contributed by atoms with Crippen molar-refractivity contribution in [2.24, 2.45) is 5.92 Å². The van der Waals surface area contributed by atoms with Crippen LogP contribution in [0.15, 0.2) is 22.7 Å². The van der Waals surface area contributed by atoms with E-state index in [0.29, 0.717) is 17.5 Å². The summed E-state index contributed by atoms with van der Waals surface area (Å²) < 4.78 is 6.69. The number of thiol groups is 1. The molecule has 90 valence electrons. The van der Waals surface area contributed by atoms with Gasteiger partial charge in [0.15, 0.2) is 0 Å². The normalized spacial score (nSPS) is 12.5. The van der Waals surface area contributed by atoms with E-state index in [-0.39, 0.29) is 0 Å². The summed E-state index contributed by atoms with van der Waals surface area (Å²) in [6, 6.07) is 5.62. The van der Waals surface area contributed by atoms with Crippen LogP contribution in [0, 0.1) is 5.92 Å². The molecule has 16 heavy (non-hydrogen) atoms. The molecule has 0 spiro atoms. The summed E-state index contributed by atoms with van der Waals surface area (Å²) in [6.45, 7) is 2.84. The second-order valence-corrected chi connectivity index (χ2v) is 5.41. The molecule has 0 aliphatic carbocycles. The number of ether oxygens (including phenoxy) is 1. The van der Waals surface area contributed by atoms with Crippen molar-refractivity contribution in [2.75, 3.05) is 12.4 Å². The Morgan fingerprint density at radius 3 is 2.88 bits per heavy atom. The Morgan fingerprint density at radius 1 is 1.50 bits per heavy atom. The van der Waals surface area contributed by atoms with E-state index in [2.05, 4.69) is 35.5 Å². The zero-order valence-electron chi connectivity index (χ0n) is 9.25. The van der Waals surface area contributed by atoms with Crippen LogP contribution in [-0.2, 0) is 0 Å². The Balaban J connectivity index is 2.55. The third-order valence-electron chi connectivity index (χ3n) is 2.32. The van der Waals surface area contributed by atoms with Crippen molar-refractivity contribution in [3.63, 3.8) is 0 Å². The molecule has 0 saturated heterocycles. The van der Waals surface area contributed by atoms with Crippen LogP contribution >= 0.6 is 40.2 Å². The third kappa shape index (κ3) is 4.56. The molecular weight excluding hydrogens is 308 g/mol. The van der Waals surface area contributed by atoms with E-state index < -0.39 is 0 Å². The lowest BCUT2D eigenvalue weighted by molar-refractivity contribution is 0.254. The standard InChI is InChI=1S/C12H16BrClOS/c1-2-3-9(8-16)7-15-12-6-10(13)4-5-11(12)14/h4-6,9,16H,2-3,7-8H2,1H3. The lowest BCUT2D eigenvalue weighted by Crippen LogP contribution is -2.13. The van der Waals surface area contributed by atoms with Crippen molar-refractivity contribution in [3.05, 3.63) is 27.7 Å². The monoisotopic (exact) mass is 322 g/mol. The van der Waals surface area contributed by atoms with Gasteiger partial charge < -0.3 is 4.74 Å². The van der Waals surface area contributed by atoms with Crippen molar-refractivity contribution in [1.82, 2.24) is 0 Å². The van der Waals surface area contributed by atoms with Crippen LogP contribution in [0.5, 0.6) is 5.75 Å². The van der Waals surface area contributed by atoms with E-state index >= 15 is 0 Å². The minimum atomic E-state index is 0.489. The van der Waals surface area contributed by atoms with Crippen LogP contribution in [-0.4, -0.2) is 12.4 Å². The van der Waals surface area contributed by atoms with Gasteiger partial charge in [-0.05, 0) is 30.4 Å². The summed E-state index contributed by atoms with van der Waals surface area (Å²) in [5.74, 6) is 2.07. The predicted octanol–water partition coefficient (Wildman–Crippen LogP) is 4.83. The van der Waals surface area contributed by atoms with E-state index in [1.165, 1.54) is 0 Å². The van der Waals surface area contributed by atoms with Crippen molar-refractivity contribution < 1.29 is 4.74 Å². The summed E-state index contributed by atoms with van der Waals surface area (Å²) in [6.07, 6.45) is 2.29. The molecule has 1 aromatic carbocycles. The average Bonchev–Trinajstić information content (AvgIpc) is 2.28. The molecule has 0 bridgehead atoms. The van der Waals surface area contributed by atoms with Gasteiger partial charge in [0, 0.05) is 10.4 Å². The number of hydrogen-bond donors (Lipinski definition) is 1. The van der Waals surface area contributed by atoms with E-state index in [1.54, 1.807) is 0 Å². The highest BCUT2D eigenvalue weighted by Crippen LogP contribution is 2.28. The summed E-state index contributed by atoms with van der Waals surface area (Å²) in [5, 5.41) is 0.651. The van der Waals surface area contributed by atoms with E-state index in [1.807, 2.05) is 18.2 Å². The predicted molar refractivity (Wildman–Crippen MR) is 76.9 cm³/mol. The molecule has 1 unspecified atom stereocenters. The van der Waals surface area contributed by atoms with E-state index in [0.717, 1.165) is 28.8 Å². The van der Waals surface area contributed by atoms with Crippen molar-refractivity contribution >= 4 is 40.2 Å². The second-order valence-electron chi connectivity index (χ2n) is 3.72. The quantitative estimate of drug-likeness (QED) is 0.738. The Hall–Kier alpha value is 0.140. The molecule has 0 saturated carbocycles. The molecule has 0 aliphatic rings. The van der Waals surface area contributed by atoms with Crippen LogP contribution in [0.25, 0.3) is 0 Å². The molecule has 0 aromatic heterocycles. The molecule has 4 heteroatoms. The maximum Gasteiger partial charge on any atom is 0.139 e. The topological polar surface area (TPSA) is 9.23 Å². The summed E-state index contributed by atoms with van der Waals surface area (Å²) in [5.41, 5.74) is 0.